The summed E-state index contributed by atoms with van der Waals surface area (Å²) in [6, 6.07) is 10.9. The van der Waals surface area contributed by atoms with Crippen LogP contribution in [0, 0.1) is 11.6 Å². The van der Waals surface area contributed by atoms with E-state index in [4.69, 9.17) is 16.3 Å². The summed E-state index contributed by atoms with van der Waals surface area (Å²) in [5, 5.41) is 12.7. The second kappa shape index (κ2) is 9.13. The molecule has 1 atom stereocenters. The second-order valence-corrected chi connectivity index (χ2v) is 8.53. The van der Waals surface area contributed by atoms with Crippen molar-refractivity contribution < 1.29 is 27.6 Å². The number of para-hydroxylation sites is 1. The number of carbonyl (C=O) groups excluding carboxylic acids is 1. The quantitative estimate of drug-likeness (QED) is 0.439. The molecule has 6 nitrogen and oxygen atoms in total. The van der Waals surface area contributed by atoms with Gasteiger partial charge in [0, 0.05) is 29.3 Å². The number of benzene rings is 3. The van der Waals surface area contributed by atoms with Gasteiger partial charge in [0.25, 0.3) is 5.91 Å². The highest BCUT2D eigenvalue weighted by Gasteiger charge is 2.21. The molecule has 4 bridgehead atoms. The van der Waals surface area contributed by atoms with Crippen LogP contribution < -0.4 is 14.8 Å². The maximum absolute atomic E-state index is 14.7. The Bertz CT molecular complexity index is 1240. The molecular weight excluding hydrogens is 462 g/mol. The summed E-state index contributed by atoms with van der Waals surface area (Å²) >= 11 is 6.00. The first-order valence-electron chi connectivity index (χ1n) is 9.55. The number of hydrogen-bond acceptors (Lipinski definition) is 4. The molecule has 4 rings (SSSR count). The number of hydrogen-bond donors (Lipinski definition) is 3. The van der Waals surface area contributed by atoms with Crippen molar-refractivity contribution in [2.45, 2.75) is 11.3 Å². The van der Waals surface area contributed by atoms with E-state index in [1.165, 1.54) is 18.2 Å². The van der Waals surface area contributed by atoms with E-state index in [9.17, 15) is 22.9 Å². The first-order valence-corrected chi connectivity index (χ1v) is 11.1. The van der Waals surface area contributed by atoms with Crippen LogP contribution in [0.5, 0.6) is 11.5 Å². The van der Waals surface area contributed by atoms with E-state index in [0.717, 1.165) is 0 Å². The molecule has 0 spiro atoms. The summed E-state index contributed by atoms with van der Waals surface area (Å²) in [5.41, 5.74) is 0.212. The fraction of sp³-hybridized carbons (Fsp3) is 0.136. The van der Waals surface area contributed by atoms with Crippen LogP contribution in [0.15, 0.2) is 53.4 Å². The standard InChI is InChI=1S/C22H17ClF2N2O4S/c23-15-8-12-9-20(21(15)28)32(30)27-18-10-14(16(24)11-17(18)25)13-4-1-2-5-19(13)31-7-3-6-26-22(12)29/h1-2,4-5,8-11,27-28H,3,6-7H2,(H,26,29). The zero-order valence-corrected chi connectivity index (χ0v) is 18.0. The lowest BCUT2D eigenvalue weighted by molar-refractivity contribution is 0.0951. The van der Waals surface area contributed by atoms with Crippen molar-refractivity contribution in [2.75, 3.05) is 17.9 Å². The monoisotopic (exact) mass is 478 g/mol. The zero-order chi connectivity index (χ0) is 22.8. The molecule has 1 aliphatic rings. The van der Waals surface area contributed by atoms with Crippen molar-refractivity contribution in [1.29, 1.82) is 0 Å². The van der Waals surface area contributed by atoms with Gasteiger partial charge in [-0.25, -0.2) is 13.0 Å². The average Bonchev–Trinajstić information content (AvgIpc) is 2.76. The number of anilines is 1. The summed E-state index contributed by atoms with van der Waals surface area (Å²) in [7, 11) is -2.22. The Morgan fingerprint density at radius 3 is 2.66 bits per heavy atom. The number of nitrogens with one attached hydrogen (secondary N) is 2. The van der Waals surface area contributed by atoms with E-state index in [2.05, 4.69) is 10.0 Å². The van der Waals surface area contributed by atoms with Crippen LogP contribution in [0.2, 0.25) is 5.02 Å². The number of phenols is 1. The normalized spacial score (nSPS) is 16.3. The highest BCUT2D eigenvalue weighted by molar-refractivity contribution is 7.86. The van der Waals surface area contributed by atoms with Gasteiger partial charge in [0.05, 0.1) is 17.3 Å². The number of ether oxygens (including phenoxy) is 1. The Balaban J connectivity index is 1.85. The Labute approximate surface area is 189 Å². The molecule has 0 saturated heterocycles. The molecule has 3 N–H and O–H groups in total. The molecule has 0 saturated carbocycles. The fourth-order valence-corrected chi connectivity index (χ4v) is 4.47. The van der Waals surface area contributed by atoms with Crippen LogP contribution in [-0.4, -0.2) is 28.4 Å². The lowest BCUT2D eigenvalue weighted by Crippen LogP contribution is -2.26. The molecule has 1 amide bonds. The molecular formula is C22H17ClF2N2O4S. The Hall–Kier alpha value is -3.17. The number of halogens is 3. The van der Waals surface area contributed by atoms with Gasteiger partial charge in [-0.1, -0.05) is 29.8 Å². The van der Waals surface area contributed by atoms with Gasteiger partial charge in [-0.15, -0.1) is 0 Å². The summed E-state index contributed by atoms with van der Waals surface area (Å²) < 4.78 is 50.2. The van der Waals surface area contributed by atoms with Gasteiger partial charge in [0.2, 0.25) is 0 Å². The summed E-state index contributed by atoms with van der Waals surface area (Å²) in [6.07, 6.45) is 0.448. The molecule has 0 fully saturated rings. The molecule has 32 heavy (non-hydrogen) atoms. The van der Waals surface area contributed by atoms with Crippen LogP contribution in [0.4, 0.5) is 14.5 Å². The van der Waals surface area contributed by atoms with E-state index in [1.807, 2.05) is 0 Å². The van der Waals surface area contributed by atoms with Crippen LogP contribution in [0.25, 0.3) is 11.1 Å². The highest BCUT2D eigenvalue weighted by atomic mass is 35.5. The lowest BCUT2D eigenvalue weighted by Gasteiger charge is -2.16. The number of phenolic OH excluding ortho intramolecular Hbond substituents is 1. The predicted molar refractivity (Wildman–Crippen MR) is 117 cm³/mol. The Morgan fingerprint density at radius 1 is 1.06 bits per heavy atom. The van der Waals surface area contributed by atoms with E-state index in [0.29, 0.717) is 23.8 Å². The number of fused-ring (bicyclic) bond motifs is 6. The topological polar surface area (TPSA) is 87.7 Å². The minimum absolute atomic E-state index is 0.0397. The molecule has 10 heteroatoms. The molecule has 0 aromatic heterocycles. The van der Waals surface area contributed by atoms with E-state index in [-0.39, 0.29) is 39.9 Å². The number of rotatable bonds is 0. The minimum Gasteiger partial charge on any atom is -0.505 e. The van der Waals surface area contributed by atoms with Crippen molar-refractivity contribution in [3.63, 3.8) is 0 Å². The molecule has 3 aromatic carbocycles. The third-order valence-electron chi connectivity index (χ3n) is 4.79. The zero-order valence-electron chi connectivity index (χ0n) is 16.5. The first-order chi connectivity index (χ1) is 15.3. The lowest BCUT2D eigenvalue weighted by atomic mass is 10.0. The van der Waals surface area contributed by atoms with Crippen LogP contribution >= 0.6 is 11.6 Å². The van der Waals surface area contributed by atoms with Crippen molar-refractivity contribution in [2.24, 2.45) is 0 Å². The molecule has 0 aliphatic carbocycles. The van der Waals surface area contributed by atoms with E-state index in [1.54, 1.807) is 24.3 Å². The molecule has 3 aromatic rings. The fourth-order valence-electron chi connectivity index (χ4n) is 3.21. The van der Waals surface area contributed by atoms with Gasteiger partial charge < -0.3 is 15.2 Å². The van der Waals surface area contributed by atoms with E-state index < -0.39 is 34.3 Å². The van der Waals surface area contributed by atoms with Crippen molar-refractivity contribution in [3.05, 3.63) is 70.8 Å². The summed E-state index contributed by atoms with van der Waals surface area (Å²) in [4.78, 5) is 12.2. The van der Waals surface area contributed by atoms with Crippen LogP contribution in [-0.2, 0) is 11.0 Å². The Kier molecular flexibility index (Phi) is 6.29. The molecule has 166 valence electrons. The van der Waals surface area contributed by atoms with Crippen molar-refractivity contribution in [3.8, 4) is 22.6 Å². The number of amides is 1. The molecule has 1 heterocycles. The molecule has 1 aliphatic heterocycles. The maximum Gasteiger partial charge on any atom is 0.251 e. The van der Waals surface area contributed by atoms with Crippen molar-refractivity contribution in [1.82, 2.24) is 5.32 Å². The van der Waals surface area contributed by atoms with Gasteiger partial charge in [-0.3, -0.25) is 9.52 Å². The van der Waals surface area contributed by atoms with Crippen LogP contribution in [0.1, 0.15) is 16.8 Å². The number of carbonyl (C=O) groups is 1. The SMILES string of the molecule is O=C1NCCCOc2ccccc2-c2cc(c(F)cc2F)NS(=O)c2cc1cc(Cl)c2O. The van der Waals surface area contributed by atoms with Gasteiger partial charge in [0.1, 0.15) is 22.3 Å². The third kappa shape index (κ3) is 4.39. The number of aromatic hydroxyl groups is 1. The first kappa shape index (κ1) is 22.0. The Morgan fingerprint density at radius 2 is 1.84 bits per heavy atom. The smallest absolute Gasteiger partial charge is 0.251 e. The highest BCUT2D eigenvalue weighted by Crippen LogP contribution is 2.36. The van der Waals surface area contributed by atoms with Crippen LogP contribution in [0.3, 0.4) is 0 Å². The summed E-state index contributed by atoms with van der Waals surface area (Å²) in [6.45, 7) is 0.502. The third-order valence-corrected chi connectivity index (χ3v) is 6.20. The average molecular weight is 479 g/mol. The molecule has 0 radical (unpaired) electrons. The largest absolute Gasteiger partial charge is 0.505 e. The van der Waals surface area contributed by atoms with Gasteiger partial charge in [0.15, 0.2) is 16.7 Å². The molecule has 1 unspecified atom stereocenters. The van der Waals surface area contributed by atoms with E-state index >= 15 is 0 Å². The maximum atomic E-state index is 14.7. The second-order valence-electron chi connectivity index (χ2n) is 6.94. The van der Waals surface area contributed by atoms with Gasteiger partial charge >= 0.3 is 0 Å². The van der Waals surface area contributed by atoms with Gasteiger partial charge in [-0.2, -0.15) is 0 Å². The predicted octanol–water partition coefficient (Wildman–Crippen LogP) is 4.64. The minimum atomic E-state index is -2.22. The van der Waals surface area contributed by atoms with Crippen molar-refractivity contribution >= 4 is 34.2 Å². The van der Waals surface area contributed by atoms with Gasteiger partial charge in [-0.05, 0) is 30.7 Å². The summed E-state index contributed by atoms with van der Waals surface area (Å²) in [5.74, 6) is -2.45.